The number of imidazole rings is 1. The molecule has 4 rings (SSSR count). The van der Waals surface area contributed by atoms with Crippen molar-refractivity contribution in [2.45, 2.75) is 30.6 Å². The molecule has 1 saturated carbocycles. The number of hydrogen-bond donors (Lipinski definition) is 1. The first-order valence-corrected chi connectivity index (χ1v) is 12.2. The van der Waals surface area contributed by atoms with Gasteiger partial charge in [-0.2, -0.15) is 4.31 Å². The van der Waals surface area contributed by atoms with Crippen molar-refractivity contribution >= 4 is 32.9 Å². The van der Waals surface area contributed by atoms with Gasteiger partial charge in [-0.1, -0.05) is 0 Å². The average molecular weight is 465 g/mol. The first kappa shape index (κ1) is 22.7. The van der Waals surface area contributed by atoms with Crippen molar-refractivity contribution in [1.82, 2.24) is 19.2 Å². The van der Waals surface area contributed by atoms with Crippen LogP contribution in [0.2, 0.25) is 0 Å². The highest BCUT2D eigenvalue weighted by Gasteiger charge is 2.27. The van der Waals surface area contributed by atoms with Crippen molar-refractivity contribution in [3.8, 4) is 0 Å². The summed E-state index contributed by atoms with van der Waals surface area (Å²) in [5.41, 5.74) is 1.34. The van der Waals surface area contributed by atoms with Crippen LogP contribution in [0.5, 0.6) is 0 Å². The average Bonchev–Trinajstić information content (AvgIpc) is 3.58. The van der Waals surface area contributed by atoms with Gasteiger partial charge in [-0.05, 0) is 37.0 Å². The molecule has 1 amide bonds. The fourth-order valence-corrected chi connectivity index (χ4v) is 5.01. The highest BCUT2D eigenvalue weighted by atomic mass is 32.2. The van der Waals surface area contributed by atoms with Crippen LogP contribution in [-0.2, 0) is 42.6 Å². The van der Waals surface area contributed by atoms with Crippen LogP contribution in [0.25, 0.3) is 11.0 Å². The topological polar surface area (TPSA) is 120 Å². The molecule has 0 spiro atoms. The van der Waals surface area contributed by atoms with Crippen LogP contribution in [-0.4, -0.2) is 73.6 Å². The van der Waals surface area contributed by atoms with Crippen molar-refractivity contribution in [3.63, 3.8) is 0 Å². The van der Waals surface area contributed by atoms with E-state index in [1.807, 2.05) is 11.6 Å². The molecule has 2 aromatic rings. The van der Waals surface area contributed by atoms with Crippen LogP contribution >= 0.6 is 0 Å². The van der Waals surface area contributed by atoms with Gasteiger partial charge >= 0.3 is 5.97 Å². The van der Waals surface area contributed by atoms with E-state index in [9.17, 15) is 18.0 Å². The highest BCUT2D eigenvalue weighted by Crippen LogP contribution is 2.28. The van der Waals surface area contributed by atoms with Gasteiger partial charge in [-0.15, -0.1) is 0 Å². The monoisotopic (exact) mass is 464 g/mol. The molecular weight excluding hydrogens is 436 g/mol. The number of carbonyl (C=O) groups excluding carboxylic acids is 2. The number of esters is 1. The molecule has 11 heteroatoms. The van der Waals surface area contributed by atoms with Gasteiger partial charge in [0.25, 0.3) is 0 Å². The molecule has 1 aromatic heterocycles. The van der Waals surface area contributed by atoms with Gasteiger partial charge in [0.05, 0.1) is 35.7 Å². The van der Waals surface area contributed by atoms with Crippen LogP contribution in [0.1, 0.15) is 25.1 Å². The second kappa shape index (κ2) is 9.55. The first-order valence-electron chi connectivity index (χ1n) is 10.8. The SMILES string of the molecule is Cn1c(CCC(=O)NCC(=O)OCC2CC2)nc2cc(S(=O)(=O)N3CCOCC3)ccc21. The Kier molecular flexibility index (Phi) is 6.77. The number of aromatic nitrogens is 2. The molecule has 2 aliphatic rings. The third-order valence-corrected chi connectivity index (χ3v) is 7.63. The maximum Gasteiger partial charge on any atom is 0.325 e. The van der Waals surface area contributed by atoms with E-state index in [1.165, 1.54) is 4.31 Å². The molecule has 0 unspecified atom stereocenters. The predicted molar refractivity (Wildman–Crippen MR) is 115 cm³/mol. The van der Waals surface area contributed by atoms with E-state index in [1.54, 1.807) is 18.2 Å². The Morgan fingerprint density at radius 3 is 2.72 bits per heavy atom. The number of amides is 1. The molecule has 2 heterocycles. The van der Waals surface area contributed by atoms with Crippen molar-refractivity contribution in [2.24, 2.45) is 13.0 Å². The standard InChI is InChI=1S/C21H28N4O6S/c1-24-18-5-4-16(32(28,29)25-8-10-30-11-9-25)12-17(18)23-19(24)6-7-20(26)22-13-21(27)31-14-15-2-3-15/h4-5,12,15H,2-3,6-11,13-14H2,1H3,(H,22,26). The zero-order valence-corrected chi connectivity index (χ0v) is 18.9. The van der Waals surface area contributed by atoms with Crippen LogP contribution in [0.15, 0.2) is 23.1 Å². The summed E-state index contributed by atoms with van der Waals surface area (Å²) in [6, 6.07) is 4.88. The lowest BCUT2D eigenvalue weighted by atomic mass is 10.3. The zero-order valence-electron chi connectivity index (χ0n) is 18.1. The number of aryl methyl sites for hydroxylation is 2. The predicted octanol–water partition coefficient (Wildman–Crippen LogP) is 0.596. The first-order chi connectivity index (χ1) is 15.3. The fourth-order valence-electron chi connectivity index (χ4n) is 3.58. The van der Waals surface area contributed by atoms with Crippen LogP contribution < -0.4 is 5.32 Å². The van der Waals surface area contributed by atoms with E-state index in [-0.39, 0.29) is 23.8 Å². The molecule has 1 saturated heterocycles. The number of rotatable bonds is 9. The lowest BCUT2D eigenvalue weighted by Crippen LogP contribution is -2.40. The Balaban J connectivity index is 1.36. The van der Waals surface area contributed by atoms with Crippen molar-refractivity contribution in [1.29, 1.82) is 0 Å². The van der Waals surface area contributed by atoms with Gasteiger partial charge in [0.2, 0.25) is 15.9 Å². The molecule has 10 nitrogen and oxygen atoms in total. The minimum atomic E-state index is -3.61. The molecule has 0 radical (unpaired) electrons. The number of sulfonamides is 1. The molecule has 1 N–H and O–H groups in total. The lowest BCUT2D eigenvalue weighted by Gasteiger charge is -2.26. The summed E-state index contributed by atoms with van der Waals surface area (Å²) in [6.45, 7) is 1.72. The van der Waals surface area contributed by atoms with Gasteiger partial charge in [0.15, 0.2) is 0 Å². The number of hydrogen-bond acceptors (Lipinski definition) is 7. The summed E-state index contributed by atoms with van der Waals surface area (Å²) in [7, 11) is -1.78. The largest absolute Gasteiger partial charge is 0.464 e. The third-order valence-electron chi connectivity index (χ3n) is 5.74. The Morgan fingerprint density at radius 1 is 1.25 bits per heavy atom. The molecule has 0 atom stereocenters. The highest BCUT2D eigenvalue weighted by molar-refractivity contribution is 7.89. The molecule has 1 aliphatic heterocycles. The second-order valence-corrected chi connectivity index (χ2v) is 10.1. The van der Waals surface area contributed by atoms with E-state index in [2.05, 4.69) is 10.3 Å². The summed E-state index contributed by atoms with van der Waals surface area (Å²) in [5.74, 6) is 0.446. The lowest BCUT2D eigenvalue weighted by molar-refractivity contribution is -0.144. The number of benzene rings is 1. The van der Waals surface area contributed by atoms with E-state index >= 15 is 0 Å². The normalized spacial score (nSPS) is 17.4. The quantitative estimate of drug-likeness (QED) is 0.540. The van der Waals surface area contributed by atoms with E-state index in [0.29, 0.717) is 56.6 Å². The van der Waals surface area contributed by atoms with Gasteiger partial charge in [-0.3, -0.25) is 9.59 Å². The van der Waals surface area contributed by atoms with Gasteiger partial charge in [0, 0.05) is 33.0 Å². The Morgan fingerprint density at radius 2 is 2.00 bits per heavy atom. The summed E-state index contributed by atoms with van der Waals surface area (Å²) in [4.78, 5) is 28.5. The summed E-state index contributed by atoms with van der Waals surface area (Å²) < 4.78 is 39.4. The van der Waals surface area contributed by atoms with Crippen LogP contribution in [0, 0.1) is 5.92 Å². The van der Waals surface area contributed by atoms with E-state index in [4.69, 9.17) is 9.47 Å². The second-order valence-electron chi connectivity index (χ2n) is 8.16. The minimum Gasteiger partial charge on any atom is -0.464 e. The Labute approximate surface area is 186 Å². The fraction of sp³-hybridized carbons (Fsp3) is 0.571. The Bertz CT molecular complexity index is 1100. The number of morpholine rings is 1. The van der Waals surface area contributed by atoms with E-state index in [0.717, 1.165) is 18.4 Å². The minimum absolute atomic E-state index is 0.142. The number of nitrogens with one attached hydrogen (secondary N) is 1. The molecule has 174 valence electrons. The molecule has 1 aliphatic carbocycles. The maximum absolute atomic E-state index is 12.9. The number of fused-ring (bicyclic) bond motifs is 1. The summed E-state index contributed by atoms with van der Waals surface area (Å²) in [5, 5.41) is 2.57. The van der Waals surface area contributed by atoms with Gasteiger partial charge < -0.3 is 19.4 Å². The van der Waals surface area contributed by atoms with Crippen LogP contribution in [0.3, 0.4) is 0 Å². The zero-order chi connectivity index (χ0) is 22.7. The van der Waals surface area contributed by atoms with Gasteiger partial charge in [0.1, 0.15) is 12.4 Å². The molecular formula is C21H28N4O6S. The molecule has 1 aromatic carbocycles. The molecule has 0 bridgehead atoms. The third kappa shape index (κ3) is 5.28. The van der Waals surface area contributed by atoms with E-state index < -0.39 is 16.0 Å². The molecule has 2 fully saturated rings. The maximum atomic E-state index is 12.9. The summed E-state index contributed by atoms with van der Waals surface area (Å²) in [6.07, 6.45) is 2.71. The van der Waals surface area contributed by atoms with Crippen molar-refractivity contribution in [3.05, 3.63) is 24.0 Å². The number of carbonyl (C=O) groups is 2. The smallest absolute Gasteiger partial charge is 0.325 e. The number of ether oxygens (including phenoxy) is 2. The van der Waals surface area contributed by atoms with Gasteiger partial charge in [-0.25, -0.2) is 13.4 Å². The Hall–Kier alpha value is -2.50. The number of nitrogens with zero attached hydrogens (tertiary/aromatic N) is 3. The van der Waals surface area contributed by atoms with Crippen LogP contribution in [0.4, 0.5) is 0 Å². The van der Waals surface area contributed by atoms with Crippen molar-refractivity contribution < 1.29 is 27.5 Å². The molecule has 32 heavy (non-hydrogen) atoms. The summed E-state index contributed by atoms with van der Waals surface area (Å²) >= 11 is 0. The van der Waals surface area contributed by atoms with Crippen molar-refractivity contribution in [2.75, 3.05) is 39.5 Å².